The summed E-state index contributed by atoms with van der Waals surface area (Å²) in [6, 6.07) is 9.72. The largest absolute Gasteiger partial charge is 0.294 e. The minimum atomic E-state index is 0.113. The third-order valence-electron chi connectivity index (χ3n) is 2.83. The Labute approximate surface area is 97.5 Å². The summed E-state index contributed by atoms with van der Waals surface area (Å²) < 4.78 is 1.65. The summed E-state index contributed by atoms with van der Waals surface area (Å²) in [6.45, 7) is 0. The molecule has 2 heterocycles. The number of para-hydroxylation sites is 1. The molecule has 0 spiro atoms. The average Bonchev–Trinajstić information content (AvgIpc) is 2.69. The second kappa shape index (κ2) is 3.87. The molecule has 4 heteroatoms. The normalized spacial score (nSPS) is 14.8. The number of thioether (sulfide) groups is 1. The van der Waals surface area contributed by atoms with E-state index >= 15 is 0 Å². The highest BCUT2D eigenvalue weighted by Gasteiger charge is 2.18. The van der Waals surface area contributed by atoms with Crippen molar-refractivity contribution in [3.63, 3.8) is 0 Å². The number of fused-ring (bicyclic) bond motifs is 1. The van der Waals surface area contributed by atoms with Crippen molar-refractivity contribution in [2.45, 2.75) is 12.2 Å². The summed E-state index contributed by atoms with van der Waals surface area (Å²) in [5.41, 5.74) is 3.07. The maximum Gasteiger partial charge on any atom is 0.274 e. The van der Waals surface area contributed by atoms with E-state index in [1.165, 1.54) is 0 Å². The number of benzene rings is 1. The van der Waals surface area contributed by atoms with Gasteiger partial charge in [0.25, 0.3) is 5.56 Å². The Morgan fingerprint density at radius 1 is 1.25 bits per heavy atom. The van der Waals surface area contributed by atoms with E-state index in [4.69, 9.17) is 0 Å². The molecule has 82 valence electrons. The van der Waals surface area contributed by atoms with Crippen molar-refractivity contribution >= 4 is 11.8 Å². The SMILES string of the molecule is O=c1c2c([nH]n1-c1ccccc1)CSCC2. The molecule has 0 amide bonds. The highest BCUT2D eigenvalue weighted by atomic mass is 32.2. The lowest BCUT2D eigenvalue weighted by Crippen LogP contribution is -2.18. The zero-order valence-corrected chi connectivity index (χ0v) is 9.59. The minimum absolute atomic E-state index is 0.113. The summed E-state index contributed by atoms with van der Waals surface area (Å²) in [7, 11) is 0. The molecule has 0 radical (unpaired) electrons. The standard InChI is InChI=1S/C12H12N2OS/c15-12-10-6-7-16-8-11(10)13-14(12)9-4-2-1-3-5-9/h1-5,13H,6-8H2. The van der Waals surface area contributed by atoms with Gasteiger partial charge in [0.1, 0.15) is 0 Å². The molecule has 3 rings (SSSR count). The monoisotopic (exact) mass is 232 g/mol. The molecule has 1 N–H and O–H groups in total. The van der Waals surface area contributed by atoms with Gasteiger partial charge in [-0.15, -0.1) is 0 Å². The highest BCUT2D eigenvalue weighted by Crippen LogP contribution is 2.21. The second-order valence-electron chi connectivity index (χ2n) is 3.85. The van der Waals surface area contributed by atoms with Crippen LogP contribution >= 0.6 is 11.8 Å². The van der Waals surface area contributed by atoms with Gasteiger partial charge in [-0.25, -0.2) is 4.68 Å². The van der Waals surface area contributed by atoms with E-state index in [1.54, 1.807) is 4.68 Å². The second-order valence-corrected chi connectivity index (χ2v) is 4.95. The molecule has 1 aliphatic rings. The van der Waals surface area contributed by atoms with Crippen LogP contribution < -0.4 is 5.56 Å². The molecule has 2 aromatic rings. The smallest absolute Gasteiger partial charge is 0.274 e. The zero-order valence-electron chi connectivity index (χ0n) is 8.77. The third-order valence-corrected chi connectivity index (χ3v) is 3.82. The summed E-state index contributed by atoms with van der Waals surface area (Å²) in [5, 5.41) is 3.20. The predicted octanol–water partition coefficient (Wildman–Crippen LogP) is 1.95. The lowest BCUT2D eigenvalue weighted by Gasteiger charge is -2.07. The molecule has 0 saturated carbocycles. The Kier molecular flexibility index (Phi) is 2.36. The summed E-state index contributed by atoms with van der Waals surface area (Å²) in [6.07, 6.45) is 0.884. The topological polar surface area (TPSA) is 37.8 Å². The number of nitrogens with zero attached hydrogens (tertiary/aromatic N) is 1. The highest BCUT2D eigenvalue weighted by molar-refractivity contribution is 7.98. The van der Waals surface area contributed by atoms with Gasteiger partial charge in [0, 0.05) is 11.3 Å². The fraction of sp³-hybridized carbons (Fsp3) is 0.250. The molecule has 1 aliphatic heterocycles. The van der Waals surface area contributed by atoms with E-state index in [0.29, 0.717) is 0 Å². The van der Waals surface area contributed by atoms with Gasteiger partial charge in [0.15, 0.2) is 0 Å². The zero-order chi connectivity index (χ0) is 11.0. The molecule has 16 heavy (non-hydrogen) atoms. The fourth-order valence-corrected chi connectivity index (χ4v) is 2.94. The molecule has 0 unspecified atom stereocenters. The van der Waals surface area contributed by atoms with Crippen molar-refractivity contribution in [3.8, 4) is 5.69 Å². The molecule has 0 saturated heterocycles. The Hall–Kier alpha value is -1.42. The van der Waals surface area contributed by atoms with Crippen LogP contribution in [-0.2, 0) is 12.2 Å². The number of H-pyrrole nitrogens is 1. The van der Waals surface area contributed by atoms with Gasteiger partial charge in [-0.2, -0.15) is 11.8 Å². The van der Waals surface area contributed by atoms with Crippen molar-refractivity contribution in [2.24, 2.45) is 0 Å². The lowest BCUT2D eigenvalue weighted by atomic mass is 10.2. The van der Waals surface area contributed by atoms with E-state index < -0.39 is 0 Å². The van der Waals surface area contributed by atoms with Crippen LogP contribution in [0.15, 0.2) is 35.1 Å². The van der Waals surface area contributed by atoms with Crippen molar-refractivity contribution in [1.82, 2.24) is 9.78 Å². The lowest BCUT2D eigenvalue weighted by molar-refractivity contribution is 0.833. The molecular weight excluding hydrogens is 220 g/mol. The van der Waals surface area contributed by atoms with E-state index in [0.717, 1.165) is 34.9 Å². The van der Waals surface area contributed by atoms with Gasteiger partial charge in [0.05, 0.1) is 11.4 Å². The van der Waals surface area contributed by atoms with E-state index in [9.17, 15) is 4.79 Å². The first kappa shape index (κ1) is 9.78. The van der Waals surface area contributed by atoms with E-state index in [2.05, 4.69) is 5.10 Å². The van der Waals surface area contributed by atoms with Crippen LogP contribution in [0.2, 0.25) is 0 Å². The van der Waals surface area contributed by atoms with Crippen molar-refractivity contribution in [3.05, 3.63) is 51.9 Å². The first-order valence-electron chi connectivity index (χ1n) is 5.32. The number of hydrogen-bond acceptors (Lipinski definition) is 2. The maximum atomic E-state index is 12.1. The first-order chi connectivity index (χ1) is 7.86. The van der Waals surface area contributed by atoms with Crippen LogP contribution in [0, 0.1) is 0 Å². The summed E-state index contributed by atoms with van der Waals surface area (Å²) in [4.78, 5) is 12.1. The van der Waals surface area contributed by atoms with Gasteiger partial charge in [-0.1, -0.05) is 18.2 Å². The number of hydrogen-bond donors (Lipinski definition) is 1. The van der Waals surface area contributed by atoms with Crippen molar-refractivity contribution in [2.75, 3.05) is 5.75 Å². The van der Waals surface area contributed by atoms with Gasteiger partial charge in [-0.05, 0) is 24.3 Å². The van der Waals surface area contributed by atoms with Gasteiger partial charge >= 0.3 is 0 Å². The fourth-order valence-electron chi connectivity index (χ4n) is 2.00. The van der Waals surface area contributed by atoms with Gasteiger partial charge in [-0.3, -0.25) is 9.89 Å². The number of nitrogens with one attached hydrogen (secondary N) is 1. The Morgan fingerprint density at radius 2 is 2.06 bits per heavy atom. The molecule has 0 aliphatic carbocycles. The Balaban J connectivity index is 2.16. The number of aromatic nitrogens is 2. The van der Waals surface area contributed by atoms with Crippen molar-refractivity contribution < 1.29 is 0 Å². The number of rotatable bonds is 1. The van der Waals surface area contributed by atoms with Gasteiger partial charge in [0.2, 0.25) is 0 Å². The van der Waals surface area contributed by atoms with Gasteiger partial charge < -0.3 is 0 Å². The van der Waals surface area contributed by atoms with Crippen molar-refractivity contribution in [1.29, 1.82) is 0 Å². The van der Waals surface area contributed by atoms with Crippen LogP contribution in [0.4, 0.5) is 0 Å². The Bertz CT molecular complexity index is 556. The third kappa shape index (κ3) is 1.50. The molecule has 1 aromatic heterocycles. The molecule has 3 nitrogen and oxygen atoms in total. The Morgan fingerprint density at radius 3 is 2.81 bits per heavy atom. The maximum absolute atomic E-state index is 12.1. The van der Waals surface area contributed by atoms with Crippen LogP contribution in [-0.4, -0.2) is 15.5 Å². The summed E-state index contributed by atoms with van der Waals surface area (Å²) >= 11 is 1.87. The van der Waals surface area contributed by atoms with E-state index in [1.807, 2.05) is 42.1 Å². The molecule has 0 bridgehead atoms. The molecular formula is C12H12N2OS. The quantitative estimate of drug-likeness (QED) is 0.816. The molecule has 1 aromatic carbocycles. The van der Waals surface area contributed by atoms with Crippen LogP contribution in [0.3, 0.4) is 0 Å². The molecule has 0 atom stereocenters. The van der Waals surface area contributed by atoms with Crippen LogP contribution in [0.1, 0.15) is 11.3 Å². The first-order valence-corrected chi connectivity index (χ1v) is 6.47. The average molecular weight is 232 g/mol. The van der Waals surface area contributed by atoms with Crippen LogP contribution in [0.5, 0.6) is 0 Å². The van der Waals surface area contributed by atoms with Crippen LogP contribution in [0.25, 0.3) is 5.69 Å². The molecule has 0 fully saturated rings. The minimum Gasteiger partial charge on any atom is -0.294 e. The predicted molar refractivity (Wildman–Crippen MR) is 66.3 cm³/mol. The van der Waals surface area contributed by atoms with E-state index in [-0.39, 0.29) is 5.56 Å². The number of aromatic amines is 1. The summed E-state index contributed by atoms with van der Waals surface area (Å²) in [5.74, 6) is 1.97.